The molecular formula is C22H25FN2O3S. The van der Waals surface area contributed by atoms with Crippen molar-refractivity contribution < 1.29 is 17.6 Å². The van der Waals surface area contributed by atoms with Crippen LogP contribution in [0.5, 0.6) is 0 Å². The molecule has 4 rings (SSSR count). The van der Waals surface area contributed by atoms with E-state index in [1.807, 2.05) is 37.3 Å². The number of likely N-dealkylation sites (tertiary alicyclic amines) is 1. The number of carbonyl (C=O) groups excluding carboxylic acids is 1. The van der Waals surface area contributed by atoms with Gasteiger partial charge in [0.15, 0.2) is 0 Å². The van der Waals surface area contributed by atoms with Crippen LogP contribution in [0.25, 0.3) is 11.1 Å². The molecule has 1 saturated carbocycles. The monoisotopic (exact) mass is 416 g/mol. The van der Waals surface area contributed by atoms with Gasteiger partial charge in [-0.15, -0.1) is 0 Å². The van der Waals surface area contributed by atoms with Gasteiger partial charge in [-0.1, -0.05) is 36.4 Å². The molecule has 1 aliphatic heterocycles. The molecule has 2 aromatic carbocycles. The van der Waals surface area contributed by atoms with Gasteiger partial charge in [-0.05, 0) is 48.4 Å². The Balaban J connectivity index is 1.51. The maximum Gasteiger partial charge on any atom is 0.226 e. The number of nitrogens with zero attached hydrogens (tertiary/aromatic N) is 1. The van der Waals surface area contributed by atoms with E-state index in [-0.39, 0.29) is 29.6 Å². The zero-order valence-corrected chi connectivity index (χ0v) is 17.4. The van der Waals surface area contributed by atoms with Crippen molar-refractivity contribution in [3.05, 3.63) is 59.4 Å². The number of sulfonamides is 1. The van der Waals surface area contributed by atoms with Crippen LogP contribution in [0.2, 0.25) is 0 Å². The van der Waals surface area contributed by atoms with Crippen molar-refractivity contribution in [2.24, 2.45) is 5.92 Å². The van der Waals surface area contributed by atoms with E-state index in [2.05, 4.69) is 4.72 Å². The highest BCUT2D eigenvalue weighted by atomic mass is 32.2. The number of hydrogen-bond donors (Lipinski definition) is 1. The highest BCUT2D eigenvalue weighted by Gasteiger charge is 2.47. The van der Waals surface area contributed by atoms with Crippen molar-refractivity contribution in [1.29, 1.82) is 0 Å². The van der Waals surface area contributed by atoms with Gasteiger partial charge in [-0.2, -0.15) is 0 Å². The van der Waals surface area contributed by atoms with Crippen LogP contribution in [0.3, 0.4) is 0 Å². The molecule has 2 aromatic rings. The minimum Gasteiger partial charge on any atom is -0.341 e. The first-order chi connectivity index (χ1) is 13.7. The van der Waals surface area contributed by atoms with E-state index in [1.54, 1.807) is 11.0 Å². The molecule has 1 saturated heterocycles. The Morgan fingerprint density at radius 1 is 1.17 bits per heavy atom. The van der Waals surface area contributed by atoms with E-state index in [9.17, 15) is 17.6 Å². The summed E-state index contributed by atoms with van der Waals surface area (Å²) in [6, 6.07) is 12.6. The number of aryl methyl sites for hydroxylation is 1. The zero-order chi connectivity index (χ0) is 20.8. The summed E-state index contributed by atoms with van der Waals surface area (Å²) in [6.45, 7) is 2.86. The maximum atomic E-state index is 14.5. The van der Waals surface area contributed by atoms with E-state index >= 15 is 0 Å². The van der Waals surface area contributed by atoms with Crippen LogP contribution in [0.1, 0.15) is 29.9 Å². The lowest BCUT2D eigenvalue weighted by atomic mass is 9.92. The van der Waals surface area contributed by atoms with Crippen LogP contribution < -0.4 is 4.72 Å². The van der Waals surface area contributed by atoms with Crippen molar-refractivity contribution in [3.8, 4) is 11.1 Å². The number of carbonyl (C=O) groups is 1. The normalized spacial score (nSPS) is 24.0. The average Bonchev–Trinajstić information content (AvgIpc) is 3.32. The third-order valence-electron chi connectivity index (χ3n) is 5.84. The van der Waals surface area contributed by atoms with Crippen LogP contribution in [0.4, 0.5) is 4.39 Å². The first kappa shape index (κ1) is 20.0. The Labute approximate surface area is 171 Å². The number of benzene rings is 2. The van der Waals surface area contributed by atoms with Crippen molar-refractivity contribution >= 4 is 15.9 Å². The molecular weight excluding hydrogens is 391 g/mol. The molecule has 2 fully saturated rings. The number of hydrogen-bond acceptors (Lipinski definition) is 3. The van der Waals surface area contributed by atoms with Crippen LogP contribution in [-0.2, 0) is 14.8 Å². The first-order valence-electron chi connectivity index (χ1n) is 9.85. The second kappa shape index (κ2) is 7.54. The fourth-order valence-electron chi connectivity index (χ4n) is 4.43. The predicted octanol–water partition coefficient (Wildman–Crippen LogP) is 3.05. The van der Waals surface area contributed by atoms with Crippen molar-refractivity contribution in [3.63, 3.8) is 0 Å². The summed E-state index contributed by atoms with van der Waals surface area (Å²) in [5.41, 5.74) is 3.32. The highest BCUT2D eigenvalue weighted by molar-refractivity contribution is 7.88. The Bertz CT molecular complexity index is 1030. The predicted molar refractivity (Wildman–Crippen MR) is 110 cm³/mol. The Morgan fingerprint density at radius 3 is 2.66 bits per heavy atom. The first-order valence-corrected chi connectivity index (χ1v) is 11.7. The lowest BCUT2D eigenvalue weighted by molar-refractivity contribution is -0.131. The summed E-state index contributed by atoms with van der Waals surface area (Å²) in [5, 5.41) is 0. The third kappa shape index (κ3) is 4.21. The molecule has 154 valence electrons. The van der Waals surface area contributed by atoms with Crippen LogP contribution in [-0.4, -0.2) is 44.6 Å². The van der Waals surface area contributed by atoms with Gasteiger partial charge >= 0.3 is 0 Å². The smallest absolute Gasteiger partial charge is 0.226 e. The van der Waals surface area contributed by atoms with Crippen LogP contribution >= 0.6 is 0 Å². The van der Waals surface area contributed by atoms with Gasteiger partial charge in [0.05, 0.1) is 6.26 Å². The molecule has 0 aromatic heterocycles. The second-order valence-corrected chi connectivity index (χ2v) is 9.91. The Morgan fingerprint density at radius 2 is 1.93 bits per heavy atom. The number of nitrogens with one attached hydrogen (secondary N) is 1. The van der Waals surface area contributed by atoms with E-state index in [0.717, 1.165) is 29.4 Å². The van der Waals surface area contributed by atoms with Crippen LogP contribution in [0, 0.1) is 18.7 Å². The zero-order valence-electron chi connectivity index (χ0n) is 16.6. The Kier molecular flexibility index (Phi) is 5.21. The molecule has 1 aliphatic carbocycles. The largest absolute Gasteiger partial charge is 0.341 e. The minimum absolute atomic E-state index is 0.0628. The maximum absolute atomic E-state index is 14.5. The minimum atomic E-state index is -3.28. The molecule has 0 unspecified atom stereocenters. The summed E-state index contributed by atoms with van der Waals surface area (Å²) < 4.78 is 40.0. The van der Waals surface area contributed by atoms with Gasteiger partial charge in [0, 0.05) is 30.6 Å². The van der Waals surface area contributed by atoms with Crippen LogP contribution in [0.15, 0.2) is 42.5 Å². The molecule has 1 N–H and O–H groups in total. The summed E-state index contributed by atoms with van der Waals surface area (Å²) >= 11 is 0. The standard InChI is InChI=1S/C22H25FN2O3S/c1-14-6-5-9-20(23)21(14)17-8-4-3-7-16(17)18-12-19(18)22(26)25-11-10-15(13-25)24-29(2,27)28/h3-9,15,18-19,24H,10-13H2,1-2H3/t15-,18+,19-/m1/s1. The van der Waals surface area contributed by atoms with E-state index in [1.165, 1.54) is 6.07 Å². The average molecular weight is 417 g/mol. The molecule has 1 heterocycles. The number of amides is 1. The number of halogens is 1. The van der Waals surface area contributed by atoms with Gasteiger partial charge in [0.25, 0.3) is 0 Å². The molecule has 1 amide bonds. The van der Waals surface area contributed by atoms with Gasteiger partial charge in [-0.25, -0.2) is 17.5 Å². The third-order valence-corrected chi connectivity index (χ3v) is 6.60. The van der Waals surface area contributed by atoms with Crippen molar-refractivity contribution in [2.45, 2.75) is 31.7 Å². The summed E-state index contributed by atoms with van der Waals surface area (Å²) in [7, 11) is -3.28. The van der Waals surface area contributed by atoms with E-state index in [0.29, 0.717) is 25.1 Å². The summed E-state index contributed by atoms with van der Waals surface area (Å²) in [4.78, 5) is 14.7. The fraction of sp³-hybridized carbons (Fsp3) is 0.409. The van der Waals surface area contributed by atoms with Gasteiger partial charge in [0.2, 0.25) is 15.9 Å². The molecule has 0 bridgehead atoms. The summed E-state index contributed by atoms with van der Waals surface area (Å²) in [5.74, 6) is -0.247. The quantitative estimate of drug-likeness (QED) is 0.815. The van der Waals surface area contributed by atoms with Gasteiger partial charge in [-0.3, -0.25) is 4.79 Å². The van der Waals surface area contributed by atoms with E-state index < -0.39 is 10.0 Å². The lowest BCUT2D eigenvalue weighted by Crippen LogP contribution is -2.38. The number of rotatable bonds is 5. The highest BCUT2D eigenvalue weighted by Crippen LogP contribution is 2.51. The Hall–Kier alpha value is -2.25. The van der Waals surface area contributed by atoms with Gasteiger partial charge < -0.3 is 4.90 Å². The molecule has 7 heteroatoms. The fourth-order valence-corrected chi connectivity index (χ4v) is 5.22. The second-order valence-electron chi connectivity index (χ2n) is 8.13. The summed E-state index contributed by atoms with van der Waals surface area (Å²) in [6.07, 6.45) is 2.50. The van der Waals surface area contributed by atoms with Crippen molar-refractivity contribution in [1.82, 2.24) is 9.62 Å². The molecule has 29 heavy (non-hydrogen) atoms. The van der Waals surface area contributed by atoms with E-state index in [4.69, 9.17) is 0 Å². The molecule has 0 spiro atoms. The molecule has 0 radical (unpaired) electrons. The SMILES string of the molecule is Cc1cccc(F)c1-c1ccccc1[C@@H]1C[C@H]1C(=O)N1CC[C@@H](NS(C)(=O)=O)C1. The molecule has 3 atom stereocenters. The molecule has 5 nitrogen and oxygen atoms in total. The van der Waals surface area contributed by atoms with Gasteiger partial charge in [0.1, 0.15) is 5.82 Å². The van der Waals surface area contributed by atoms with Crippen molar-refractivity contribution in [2.75, 3.05) is 19.3 Å². The lowest BCUT2D eigenvalue weighted by Gasteiger charge is -2.17. The topological polar surface area (TPSA) is 66.5 Å². The molecule has 2 aliphatic rings.